The molecule has 0 unspecified atom stereocenters. The van der Waals surface area contributed by atoms with Gasteiger partial charge in [-0.3, -0.25) is 4.79 Å². The van der Waals surface area contributed by atoms with Gasteiger partial charge >= 0.3 is 0 Å². The van der Waals surface area contributed by atoms with Gasteiger partial charge in [0.2, 0.25) is 5.91 Å². The van der Waals surface area contributed by atoms with Crippen molar-refractivity contribution < 1.29 is 4.79 Å². The van der Waals surface area contributed by atoms with Gasteiger partial charge in [0.25, 0.3) is 0 Å². The van der Waals surface area contributed by atoms with Gasteiger partial charge in [0, 0.05) is 24.7 Å². The molecule has 1 aromatic carbocycles. The molecule has 0 atom stereocenters. The second kappa shape index (κ2) is 6.25. The van der Waals surface area contributed by atoms with Crippen molar-refractivity contribution in [2.24, 2.45) is 0 Å². The molecule has 5 heteroatoms. The third-order valence-electron chi connectivity index (χ3n) is 3.03. The Hall–Kier alpha value is -2.58. The van der Waals surface area contributed by atoms with E-state index in [9.17, 15) is 10.1 Å². The molecule has 21 heavy (non-hydrogen) atoms. The molecule has 1 aromatic heterocycles. The Bertz CT molecular complexity index is 680. The first kappa shape index (κ1) is 14.8. The number of anilines is 1. The number of carbonyl (C=O) groups is 1. The van der Waals surface area contributed by atoms with E-state index >= 15 is 0 Å². The highest BCUT2D eigenvalue weighted by atomic mass is 16.1. The van der Waals surface area contributed by atoms with Crippen LogP contribution in [0.3, 0.4) is 0 Å². The first-order valence-electron chi connectivity index (χ1n) is 6.65. The van der Waals surface area contributed by atoms with Gasteiger partial charge in [-0.1, -0.05) is 30.3 Å². The zero-order chi connectivity index (χ0) is 15.4. The lowest BCUT2D eigenvalue weighted by atomic mass is 10.0. The molecule has 0 spiro atoms. The maximum absolute atomic E-state index is 11.3. The fourth-order valence-electron chi connectivity index (χ4n) is 2.29. The number of hydrogen-bond acceptors (Lipinski definition) is 3. The first-order valence-corrected chi connectivity index (χ1v) is 6.65. The first-order chi connectivity index (χ1) is 10.0. The molecular formula is C16H18N4O. The van der Waals surface area contributed by atoms with Crippen LogP contribution < -0.4 is 5.32 Å². The van der Waals surface area contributed by atoms with Gasteiger partial charge in [0.05, 0.1) is 0 Å². The Morgan fingerprint density at radius 3 is 2.52 bits per heavy atom. The lowest BCUT2D eigenvalue weighted by Gasteiger charge is -2.10. The Balaban J connectivity index is 2.61. The number of nitriles is 1. The fraction of sp³-hybridized carbons (Fsp3) is 0.250. The van der Waals surface area contributed by atoms with Crippen LogP contribution in [0.5, 0.6) is 0 Å². The highest BCUT2D eigenvalue weighted by Gasteiger charge is 2.19. The second-order valence-corrected chi connectivity index (χ2v) is 5.13. The SMILES string of the molecule is CC(=O)Nc1[nH]c(CN(C)C)c(-c2ccccc2)c1C#N. The van der Waals surface area contributed by atoms with Crippen LogP contribution in [0, 0.1) is 11.3 Å². The van der Waals surface area contributed by atoms with E-state index in [1.165, 1.54) is 6.92 Å². The van der Waals surface area contributed by atoms with Crippen molar-refractivity contribution in [3.05, 3.63) is 41.6 Å². The highest BCUT2D eigenvalue weighted by molar-refractivity contribution is 5.92. The summed E-state index contributed by atoms with van der Waals surface area (Å²) in [7, 11) is 3.92. The number of nitrogens with zero attached hydrogens (tertiary/aromatic N) is 2. The van der Waals surface area contributed by atoms with E-state index < -0.39 is 0 Å². The summed E-state index contributed by atoms with van der Waals surface area (Å²) >= 11 is 0. The van der Waals surface area contributed by atoms with Crippen molar-refractivity contribution in [2.45, 2.75) is 13.5 Å². The predicted molar refractivity (Wildman–Crippen MR) is 82.6 cm³/mol. The molecule has 0 saturated heterocycles. The van der Waals surface area contributed by atoms with Gasteiger partial charge in [-0.25, -0.2) is 0 Å². The van der Waals surface area contributed by atoms with Crippen molar-refractivity contribution in [1.29, 1.82) is 5.26 Å². The summed E-state index contributed by atoms with van der Waals surface area (Å²) in [6.07, 6.45) is 0. The van der Waals surface area contributed by atoms with Crippen LogP contribution in [0.4, 0.5) is 5.82 Å². The maximum Gasteiger partial charge on any atom is 0.222 e. The Morgan fingerprint density at radius 2 is 2.00 bits per heavy atom. The van der Waals surface area contributed by atoms with Gasteiger partial charge in [0.1, 0.15) is 17.5 Å². The standard InChI is InChI=1S/C16H18N4O/c1-11(21)18-16-13(9-17)15(12-7-5-4-6-8-12)14(19-16)10-20(2)3/h4-8,19H,10H2,1-3H3,(H,18,21). The number of nitrogens with one attached hydrogen (secondary N) is 2. The summed E-state index contributed by atoms with van der Waals surface area (Å²) in [6, 6.07) is 11.9. The van der Waals surface area contributed by atoms with Gasteiger partial charge in [-0.2, -0.15) is 5.26 Å². The lowest BCUT2D eigenvalue weighted by molar-refractivity contribution is -0.114. The van der Waals surface area contributed by atoms with Crippen LogP contribution in [-0.2, 0) is 11.3 Å². The summed E-state index contributed by atoms with van der Waals surface area (Å²) in [6.45, 7) is 2.08. The maximum atomic E-state index is 11.3. The fourth-order valence-corrected chi connectivity index (χ4v) is 2.29. The summed E-state index contributed by atoms with van der Waals surface area (Å²) in [5.41, 5.74) is 3.18. The zero-order valence-corrected chi connectivity index (χ0v) is 12.4. The van der Waals surface area contributed by atoms with Gasteiger partial charge in [-0.15, -0.1) is 0 Å². The summed E-state index contributed by atoms with van der Waals surface area (Å²) in [5.74, 6) is 0.254. The minimum Gasteiger partial charge on any atom is -0.342 e. The van der Waals surface area contributed by atoms with E-state index in [4.69, 9.17) is 0 Å². The normalized spacial score (nSPS) is 10.4. The quantitative estimate of drug-likeness (QED) is 0.905. The summed E-state index contributed by atoms with van der Waals surface area (Å²) in [5, 5.41) is 12.2. The minimum atomic E-state index is -0.205. The molecule has 2 aromatic rings. The molecule has 0 radical (unpaired) electrons. The second-order valence-electron chi connectivity index (χ2n) is 5.13. The number of aromatic nitrogens is 1. The molecule has 5 nitrogen and oxygen atoms in total. The van der Waals surface area contributed by atoms with Crippen molar-refractivity contribution in [2.75, 3.05) is 19.4 Å². The number of hydrogen-bond donors (Lipinski definition) is 2. The molecule has 1 heterocycles. The highest BCUT2D eigenvalue weighted by Crippen LogP contribution is 2.33. The zero-order valence-electron chi connectivity index (χ0n) is 12.4. The Labute approximate surface area is 124 Å². The average Bonchev–Trinajstić information content (AvgIpc) is 2.75. The topological polar surface area (TPSA) is 71.9 Å². The van der Waals surface area contributed by atoms with E-state index in [0.29, 0.717) is 17.9 Å². The number of carbonyl (C=O) groups excluding carboxylic acids is 1. The van der Waals surface area contributed by atoms with E-state index in [1.807, 2.05) is 49.3 Å². The number of amides is 1. The average molecular weight is 282 g/mol. The molecule has 0 bridgehead atoms. The van der Waals surface area contributed by atoms with Gasteiger partial charge in [-0.05, 0) is 19.7 Å². The molecule has 2 rings (SSSR count). The van der Waals surface area contributed by atoms with E-state index in [1.54, 1.807) is 0 Å². The molecule has 0 saturated carbocycles. The Morgan fingerprint density at radius 1 is 1.33 bits per heavy atom. The van der Waals surface area contributed by atoms with Gasteiger partial charge < -0.3 is 15.2 Å². The van der Waals surface area contributed by atoms with Gasteiger partial charge in [0.15, 0.2) is 0 Å². The third-order valence-corrected chi connectivity index (χ3v) is 3.03. The molecular weight excluding hydrogens is 264 g/mol. The van der Waals surface area contributed by atoms with E-state index in [0.717, 1.165) is 16.8 Å². The monoisotopic (exact) mass is 282 g/mol. The molecule has 2 N–H and O–H groups in total. The summed E-state index contributed by atoms with van der Waals surface area (Å²) < 4.78 is 0. The van der Waals surface area contributed by atoms with Crippen molar-refractivity contribution >= 4 is 11.7 Å². The molecule has 1 amide bonds. The number of benzene rings is 1. The predicted octanol–water partition coefficient (Wildman–Crippen LogP) is 2.57. The smallest absolute Gasteiger partial charge is 0.222 e. The van der Waals surface area contributed by atoms with Crippen LogP contribution >= 0.6 is 0 Å². The largest absolute Gasteiger partial charge is 0.342 e. The third kappa shape index (κ3) is 3.30. The molecule has 0 aliphatic heterocycles. The van der Waals surface area contributed by atoms with Crippen LogP contribution in [-0.4, -0.2) is 29.9 Å². The van der Waals surface area contributed by atoms with Crippen molar-refractivity contribution in [1.82, 2.24) is 9.88 Å². The Kier molecular flexibility index (Phi) is 4.41. The van der Waals surface area contributed by atoms with Crippen LogP contribution in [0.15, 0.2) is 30.3 Å². The molecule has 0 aliphatic carbocycles. The summed E-state index contributed by atoms with van der Waals surface area (Å²) in [4.78, 5) is 16.5. The van der Waals surface area contributed by atoms with Crippen LogP contribution in [0.25, 0.3) is 11.1 Å². The minimum absolute atomic E-state index is 0.205. The lowest BCUT2D eigenvalue weighted by Crippen LogP contribution is -2.12. The molecule has 0 fully saturated rings. The molecule has 108 valence electrons. The molecule has 0 aliphatic rings. The number of H-pyrrole nitrogens is 1. The van der Waals surface area contributed by atoms with Crippen molar-refractivity contribution in [3.8, 4) is 17.2 Å². The van der Waals surface area contributed by atoms with Crippen LogP contribution in [0.1, 0.15) is 18.2 Å². The number of rotatable bonds is 4. The van der Waals surface area contributed by atoms with E-state index in [-0.39, 0.29) is 5.91 Å². The van der Waals surface area contributed by atoms with E-state index in [2.05, 4.69) is 16.4 Å². The van der Waals surface area contributed by atoms with Crippen molar-refractivity contribution in [3.63, 3.8) is 0 Å². The number of aromatic amines is 1. The van der Waals surface area contributed by atoms with Crippen LogP contribution in [0.2, 0.25) is 0 Å².